The number of rotatable bonds is 1. The smallest absolute Gasteiger partial charge is 0.296 e. The Kier molecular flexibility index (Phi) is 1.73. The molecule has 2 rings (SSSR count). The number of hydrogen-bond acceptors (Lipinski definition) is 5. The topological polar surface area (TPSA) is 130 Å². The molecule has 0 saturated carbocycles. The molecule has 0 fully saturated rings. The average Bonchev–Trinajstić information content (AvgIpc) is 2.62. The predicted molar refractivity (Wildman–Crippen MR) is 46.8 cm³/mol. The van der Waals surface area contributed by atoms with E-state index in [0.29, 0.717) is 0 Å². The van der Waals surface area contributed by atoms with Crippen LogP contribution in [0.2, 0.25) is 0 Å². The summed E-state index contributed by atoms with van der Waals surface area (Å²) in [6.45, 7) is 0. The van der Waals surface area contributed by atoms with Gasteiger partial charge in [-0.25, -0.2) is 9.38 Å². The zero-order chi connectivity index (χ0) is 11.0. The number of fused-ring (bicyclic) bond motifs is 1. The van der Waals surface area contributed by atoms with E-state index in [2.05, 4.69) is 15.2 Å². The van der Waals surface area contributed by atoms with Crippen molar-refractivity contribution in [3.05, 3.63) is 28.1 Å². The Balaban J connectivity index is 2.89. The van der Waals surface area contributed by atoms with Crippen molar-refractivity contribution >= 4 is 11.6 Å². The molecule has 1 amide bonds. The van der Waals surface area contributed by atoms with Crippen LogP contribution in [0.25, 0.3) is 5.65 Å². The maximum Gasteiger partial charge on any atom is 0.296 e. The van der Waals surface area contributed by atoms with Gasteiger partial charge in [-0.1, -0.05) is 0 Å². The molecule has 2 aromatic rings. The van der Waals surface area contributed by atoms with Gasteiger partial charge in [-0.15, -0.1) is 0 Å². The van der Waals surface area contributed by atoms with E-state index in [-0.39, 0.29) is 17.0 Å². The van der Waals surface area contributed by atoms with Crippen LogP contribution in [0.15, 0.2) is 11.1 Å². The number of primary amides is 1. The van der Waals surface area contributed by atoms with Gasteiger partial charge in [0.05, 0.1) is 0 Å². The van der Waals surface area contributed by atoms with Gasteiger partial charge in [-0.2, -0.15) is 10.4 Å². The van der Waals surface area contributed by atoms with E-state index in [1.165, 1.54) is 0 Å². The van der Waals surface area contributed by atoms with Crippen LogP contribution in [0.5, 0.6) is 0 Å². The second-order valence-electron chi connectivity index (χ2n) is 2.67. The number of carbonyl (C=O) groups is 1. The lowest BCUT2D eigenvalue weighted by Gasteiger charge is -1.93. The Morgan fingerprint density at radius 2 is 2.40 bits per heavy atom. The Bertz CT molecular complexity index is 646. The molecule has 0 spiro atoms. The maximum atomic E-state index is 11.5. The van der Waals surface area contributed by atoms with E-state index in [4.69, 9.17) is 11.0 Å². The van der Waals surface area contributed by atoms with Gasteiger partial charge in [0.25, 0.3) is 11.5 Å². The number of hydrogen-bond donors (Lipinski definition) is 2. The van der Waals surface area contributed by atoms with Gasteiger partial charge < -0.3 is 5.73 Å². The highest BCUT2D eigenvalue weighted by molar-refractivity contribution is 5.96. The van der Waals surface area contributed by atoms with Gasteiger partial charge in [0.2, 0.25) is 5.69 Å². The molecular weight excluding hydrogens is 200 g/mol. The van der Waals surface area contributed by atoms with Crippen LogP contribution in [-0.4, -0.2) is 25.5 Å². The lowest BCUT2D eigenvalue weighted by molar-refractivity contribution is 0.0997. The van der Waals surface area contributed by atoms with Gasteiger partial charge in [0, 0.05) is 0 Å². The second kappa shape index (κ2) is 2.91. The minimum atomic E-state index is -0.778. The molecule has 0 unspecified atom stereocenters. The molecule has 15 heavy (non-hydrogen) atoms. The molecule has 0 saturated heterocycles. The molecule has 0 aliphatic heterocycles. The molecule has 0 aromatic carbocycles. The molecule has 2 heterocycles. The molecule has 3 N–H and O–H groups in total. The summed E-state index contributed by atoms with van der Waals surface area (Å²) in [4.78, 5) is 26.0. The first-order chi connectivity index (χ1) is 7.15. The van der Waals surface area contributed by atoms with E-state index < -0.39 is 11.5 Å². The van der Waals surface area contributed by atoms with Crippen LogP contribution >= 0.6 is 0 Å². The molecule has 0 atom stereocenters. The normalized spacial score (nSPS) is 10.1. The van der Waals surface area contributed by atoms with Gasteiger partial charge in [0.15, 0.2) is 11.3 Å². The van der Waals surface area contributed by atoms with Gasteiger partial charge in [0.1, 0.15) is 12.4 Å². The van der Waals surface area contributed by atoms with Crippen LogP contribution in [0.3, 0.4) is 0 Å². The second-order valence-corrected chi connectivity index (χ2v) is 2.67. The third kappa shape index (κ3) is 1.14. The van der Waals surface area contributed by atoms with E-state index >= 15 is 0 Å². The molecule has 8 nitrogen and oxygen atoms in total. The predicted octanol–water partition coefficient (Wildman–Crippen LogP) is -1.61. The molecule has 0 radical (unpaired) electrons. The van der Waals surface area contributed by atoms with Crippen molar-refractivity contribution in [3.8, 4) is 6.07 Å². The van der Waals surface area contributed by atoms with Crippen molar-refractivity contribution in [1.82, 2.24) is 19.6 Å². The zero-order valence-electron chi connectivity index (χ0n) is 7.26. The number of amides is 1. The summed E-state index contributed by atoms with van der Waals surface area (Å²) in [7, 11) is 0. The number of aromatic amines is 1. The van der Waals surface area contributed by atoms with E-state index in [1.807, 2.05) is 0 Å². The average molecular weight is 204 g/mol. The number of nitriles is 1. The lowest BCUT2D eigenvalue weighted by atomic mass is 10.4. The van der Waals surface area contributed by atoms with Crippen molar-refractivity contribution in [2.24, 2.45) is 5.73 Å². The first-order valence-corrected chi connectivity index (χ1v) is 3.80. The first-order valence-electron chi connectivity index (χ1n) is 3.80. The van der Waals surface area contributed by atoms with Crippen molar-refractivity contribution in [3.63, 3.8) is 0 Å². The van der Waals surface area contributed by atoms with Crippen molar-refractivity contribution in [2.75, 3.05) is 0 Å². The van der Waals surface area contributed by atoms with Gasteiger partial charge >= 0.3 is 0 Å². The molecular formula is C7H4N6O2. The number of nitrogens with zero attached hydrogens (tertiary/aromatic N) is 4. The van der Waals surface area contributed by atoms with Crippen molar-refractivity contribution < 1.29 is 4.79 Å². The summed E-state index contributed by atoms with van der Waals surface area (Å²) < 4.78 is 1.01. The largest absolute Gasteiger partial charge is 0.364 e. The van der Waals surface area contributed by atoms with Crippen LogP contribution in [0.1, 0.15) is 16.2 Å². The van der Waals surface area contributed by atoms with Crippen LogP contribution < -0.4 is 11.3 Å². The molecule has 0 bridgehead atoms. The van der Waals surface area contributed by atoms with Crippen molar-refractivity contribution in [1.29, 1.82) is 5.26 Å². The minimum Gasteiger partial charge on any atom is -0.364 e. The zero-order valence-corrected chi connectivity index (χ0v) is 7.26. The fraction of sp³-hybridized carbons (Fsp3) is 0. The summed E-state index contributed by atoms with van der Waals surface area (Å²) >= 11 is 0. The fourth-order valence-corrected chi connectivity index (χ4v) is 1.13. The number of H-pyrrole nitrogens is 1. The highest BCUT2D eigenvalue weighted by atomic mass is 16.1. The standard InChI is InChI=1S/C7H4N6O2/c8-1-3-7(15)13-2-10-4(5(9)14)6(13)12-11-3/h2,12H,(H2,9,14). The van der Waals surface area contributed by atoms with Gasteiger partial charge in [-0.05, 0) is 0 Å². The summed E-state index contributed by atoms with van der Waals surface area (Å²) in [5.41, 5.74) is 4.04. The maximum absolute atomic E-state index is 11.5. The Labute approximate surface area is 82.0 Å². The highest BCUT2D eigenvalue weighted by Gasteiger charge is 2.14. The molecule has 0 aliphatic carbocycles. The summed E-state index contributed by atoms with van der Waals surface area (Å²) in [5.74, 6) is -0.778. The molecule has 8 heteroatoms. The summed E-state index contributed by atoms with van der Waals surface area (Å²) in [5, 5.41) is 14.4. The minimum absolute atomic E-state index is 0.0755. The van der Waals surface area contributed by atoms with E-state index in [9.17, 15) is 9.59 Å². The quantitative estimate of drug-likeness (QED) is 0.576. The van der Waals surface area contributed by atoms with Crippen LogP contribution in [-0.2, 0) is 0 Å². The van der Waals surface area contributed by atoms with E-state index in [0.717, 1.165) is 10.7 Å². The highest BCUT2D eigenvalue weighted by Crippen LogP contribution is 2.01. The number of nitrogens with one attached hydrogen (secondary N) is 1. The third-order valence-corrected chi connectivity index (χ3v) is 1.80. The van der Waals surface area contributed by atoms with Crippen LogP contribution in [0, 0.1) is 11.3 Å². The molecule has 2 aromatic heterocycles. The third-order valence-electron chi connectivity index (χ3n) is 1.80. The number of carbonyl (C=O) groups excluding carboxylic acids is 1. The fourth-order valence-electron chi connectivity index (χ4n) is 1.13. The monoisotopic (exact) mass is 204 g/mol. The number of nitrogens with two attached hydrogens (primary N) is 1. The van der Waals surface area contributed by atoms with Gasteiger partial charge in [-0.3, -0.25) is 14.7 Å². The van der Waals surface area contributed by atoms with E-state index in [1.54, 1.807) is 6.07 Å². The Morgan fingerprint density at radius 3 is 3.00 bits per heavy atom. The molecule has 74 valence electrons. The van der Waals surface area contributed by atoms with Crippen molar-refractivity contribution in [2.45, 2.75) is 0 Å². The lowest BCUT2D eigenvalue weighted by Crippen LogP contribution is -2.20. The Hall–Kier alpha value is -2.69. The Morgan fingerprint density at radius 1 is 1.67 bits per heavy atom. The summed E-state index contributed by atoms with van der Waals surface area (Å²) in [6.07, 6.45) is 1.11. The number of imidazole rings is 1. The number of aromatic nitrogens is 4. The first kappa shape index (κ1) is 8.89. The SMILES string of the molecule is N#Cc1n[nH]c2c(C(N)=O)ncn2c1=O. The summed E-state index contributed by atoms with van der Waals surface area (Å²) in [6, 6.07) is 1.61. The molecule has 0 aliphatic rings. The van der Waals surface area contributed by atoms with Crippen LogP contribution in [0.4, 0.5) is 0 Å².